The molecule has 0 atom stereocenters. The standard InChI is InChI=1S/C17H15Cl2F2N5O/c1-9-15(23-16(27)14-6-7-22-26(14)17(20)21)10(2)25(24-9)8-11-12(18)4-3-5-13(11)19/h3-7,17H,8H2,1-2H3,(H,23,27). The fourth-order valence-electron chi connectivity index (χ4n) is 2.69. The van der Waals surface area contributed by atoms with Gasteiger partial charge < -0.3 is 5.32 Å². The molecule has 0 unspecified atom stereocenters. The van der Waals surface area contributed by atoms with E-state index in [-0.39, 0.29) is 5.69 Å². The van der Waals surface area contributed by atoms with Crippen molar-refractivity contribution >= 4 is 34.8 Å². The van der Waals surface area contributed by atoms with Crippen LogP contribution in [0.3, 0.4) is 0 Å². The summed E-state index contributed by atoms with van der Waals surface area (Å²) in [5.41, 5.74) is 2.06. The molecule has 0 saturated carbocycles. The minimum absolute atomic E-state index is 0.245. The first kappa shape index (κ1) is 19.3. The van der Waals surface area contributed by atoms with Gasteiger partial charge in [-0.15, -0.1) is 0 Å². The van der Waals surface area contributed by atoms with Gasteiger partial charge in [-0.05, 0) is 32.0 Å². The number of carbonyl (C=O) groups is 1. The maximum Gasteiger partial charge on any atom is 0.333 e. The van der Waals surface area contributed by atoms with Crippen LogP contribution >= 0.6 is 23.2 Å². The largest absolute Gasteiger partial charge is 0.333 e. The third-order valence-electron chi connectivity index (χ3n) is 4.08. The molecule has 2 aromatic heterocycles. The molecule has 6 nitrogen and oxygen atoms in total. The summed E-state index contributed by atoms with van der Waals surface area (Å²) in [5.74, 6) is -0.700. The van der Waals surface area contributed by atoms with Gasteiger partial charge >= 0.3 is 6.55 Å². The number of halogens is 4. The average molecular weight is 414 g/mol. The highest BCUT2D eigenvalue weighted by atomic mass is 35.5. The van der Waals surface area contributed by atoms with Gasteiger partial charge in [0.2, 0.25) is 0 Å². The molecule has 0 aliphatic carbocycles. The first-order valence-corrected chi connectivity index (χ1v) is 8.65. The van der Waals surface area contributed by atoms with E-state index in [4.69, 9.17) is 23.2 Å². The van der Waals surface area contributed by atoms with Crippen LogP contribution in [-0.2, 0) is 6.54 Å². The second-order valence-electron chi connectivity index (χ2n) is 5.80. The number of benzene rings is 1. The summed E-state index contributed by atoms with van der Waals surface area (Å²) in [6, 6.07) is 6.42. The molecule has 142 valence electrons. The van der Waals surface area contributed by atoms with Gasteiger partial charge in [-0.1, -0.05) is 29.3 Å². The molecule has 1 N–H and O–H groups in total. The fraction of sp³-hybridized carbons (Fsp3) is 0.235. The van der Waals surface area contributed by atoms with E-state index in [1.165, 1.54) is 6.07 Å². The van der Waals surface area contributed by atoms with E-state index in [1.807, 2.05) is 0 Å². The van der Waals surface area contributed by atoms with Crippen LogP contribution < -0.4 is 5.32 Å². The van der Waals surface area contributed by atoms with Crippen LogP contribution in [0.15, 0.2) is 30.5 Å². The van der Waals surface area contributed by atoms with Gasteiger partial charge in [0.15, 0.2) is 0 Å². The molecule has 0 aliphatic heterocycles. The first-order chi connectivity index (χ1) is 12.8. The predicted molar refractivity (Wildman–Crippen MR) is 98.7 cm³/mol. The van der Waals surface area contributed by atoms with E-state index in [9.17, 15) is 13.6 Å². The Hall–Kier alpha value is -2.45. The molecule has 0 radical (unpaired) electrons. The predicted octanol–water partition coefficient (Wildman–Crippen LogP) is 4.70. The summed E-state index contributed by atoms with van der Waals surface area (Å²) in [5, 5.41) is 11.5. The SMILES string of the molecule is Cc1nn(Cc2c(Cl)cccc2Cl)c(C)c1NC(=O)c1ccnn1C(F)F. The van der Waals surface area contributed by atoms with Crippen molar-refractivity contribution in [3.8, 4) is 0 Å². The van der Waals surface area contributed by atoms with Crippen LogP contribution in [-0.4, -0.2) is 25.5 Å². The lowest BCUT2D eigenvalue weighted by Crippen LogP contribution is -2.19. The van der Waals surface area contributed by atoms with Gasteiger partial charge in [0.25, 0.3) is 5.91 Å². The Balaban J connectivity index is 1.88. The van der Waals surface area contributed by atoms with Gasteiger partial charge in [0, 0.05) is 21.8 Å². The number of carbonyl (C=O) groups excluding carboxylic acids is 1. The molecule has 27 heavy (non-hydrogen) atoms. The van der Waals surface area contributed by atoms with Gasteiger partial charge in [0.05, 0.1) is 23.6 Å². The van der Waals surface area contributed by atoms with Crippen LogP contribution in [0.5, 0.6) is 0 Å². The van der Waals surface area contributed by atoms with E-state index >= 15 is 0 Å². The molecular weight excluding hydrogens is 399 g/mol. The molecule has 3 aromatic rings. The number of rotatable bonds is 5. The molecule has 2 heterocycles. The monoisotopic (exact) mass is 413 g/mol. The minimum Gasteiger partial charge on any atom is -0.317 e. The normalized spacial score (nSPS) is 11.2. The number of aromatic nitrogens is 4. The lowest BCUT2D eigenvalue weighted by molar-refractivity contribution is 0.0520. The second-order valence-corrected chi connectivity index (χ2v) is 6.61. The van der Waals surface area contributed by atoms with Gasteiger partial charge in [-0.3, -0.25) is 9.48 Å². The zero-order valence-corrected chi connectivity index (χ0v) is 15.9. The fourth-order valence-corrected chi connectivity index (χ4v) is 3.21. The van der Waals surface area contributed by atoms with Crippen molar-refractivity contribution in [1.82, 2.24) is 19.6 Å². The Labute approximate surface area is 163 Å². The molecule has 1 amide bonds. The Morgan fingerprint density at radius 2 is 1.89 bits per heavy atom. The van der Waals surface area contributed by atoms with Crippen LogP contribution in [0.25, 0.3) is 0 Å². The van der Waals surface area contributed by atoms with Crippen molar-refractivity contribution in [2.24, 2.45) is 0 Å². The Morgan fingerprint density at radius 3 is 2.52 bits per heavy atom. The molecule has 1 aromatic carbocycles. The van der Waals surface area contributed by atoms with Crippen molar-refractivity contribution in [3.05, 3.63) is 63.2 Å². The highest BCUT2D eigenvalue weighted by Crippen LogP contribution is 2.27. The lowest BCUT2D eigenvalue weighted by atomic mass is 10.2. The number of anilines is 1. The van der Waals surface area contributed by atoms with Gasteiger partial charge in [-0.25, -0.2) is 0 Å². The molecule has 0 fully saturated rings. The van der Waals surface area contributed by atoms with Crippen LogP contribution in [0, 0.1) is 13.8 Å². The van der Waals surface area contributed by atoms with Crippen molar-refractivity contribution < 1.29 is 13.6 Å². The maximum absolute atomic E-state index is 12.9. The summed E-state index contributed by atoms with van der Waals surface area (Å²) >= 11 is 12.4. The Kier molecular flexibility index (Phi) is 5.48. The summed E-state index contributed by atoms with van der Waals surface area (Å²) in [4.78, 5) is 12.4. The van der Waals surface area contributed by atoms with Crippen LogP contribution in [0.4, 0.5) is 14.5 Å². The number of alkyl halides is 2. The molecule has 0 saturated heterocycles. The quantitative estimate of drug-likeness (QED) is 0.659. The van der Waals surface area contributed by atoms with Crippen LogP contribution in [0.2, 0.25) is 10.0 Å². The van der Waals surface area contributed by atoms with E-state index in [0.717, 1.165) is 6.20 Å². The minimum atomic E-state index is -2.91. The third-order valence-corrected chi connectivity index (χ3v) is 4.79. The molecule has 0 spiro atoms. The average Bonchev–Trinajstić information content (AvgIpc) is 3.19. The molecular formula is C17H15Cl2F2N5O. The van der Waals surface area contributed by atoms with E-state index in [1.54, 1.807) is 36.7 Å². The Bertz CT molecular complexity index is 979. The van der Waals surface area contributed by atoms with E-state index in [2.05, 4.69) is 15.5 Å². The smallest absolute Gasteiger partial charge is 0.317 e. The molecule has 3 rings (SSSR count). The topological polar surface area (TPSA) is 64.7 Å². The summed E-state index contributed by atoms with van der Waals surface area (Å²) in [6.45, 7) is 0.853. The van der Waals surface area contributed by atoms with E-state index < -0.39 is 12.5 Å². The lowest BCUT2D eigenvalue weighted by Gasteiger charge is -2.10. The summed E-state index contributed by atoms with van der Waals surface area (Å²) in [7, 11) is 0. The first-order valence-electron chi connectivity index (χ1n) is 7.89. The van der Waals surface area contributed by atoms with Crippen molar-refractivity contribution in [3.63, 3.8) is 0 Å². The van der Waals surface area contributed by atoms with Crippen molar-refractivity contribution in [2.45, 2.75) is 26.9 Å². The molecule has 0 bridgehead atoms. The van der Waals surface area contributed by atoms with Gasteiger partial charge in [-0.2, -0.15) is 23.7 Å². The molecule has 10 heteroatoms. The highest BCUT2D eigenvalue weighted by Gasteiger charge is 2.21. The highest BCUT2D eigenvalue weighted by molar-refractivity contribution is 6.35. The molecule has 0 aliphatic rings. The van der Waals surface area contributed by atoms with Crippen molar-refractivity contribution in [1.29, 1.82) is 0 Å². The zero-order chi connectivity index (χ0) is 19.7. The number of hydrogen-bond donors (Lipinski definition) is 1. The zero-order valence-electron chi connectivity index (χ0n) is 14.4. The number of nitrogens with zero attached hydrogens (tertiary/aromatic N) is 4. The van der Waals surface area contributed by atoms with E-state index in [0.29, 0.717) is 43.9 Å². The van der Waals surface area contributed by atoms with Gasteiger partial charge in [0.1, 0.15) is 5.69 Å². The number of nitrogens with one attached hydrogen (secondary N) is 1. The number of hydrogen-bond acceptors (Lipinski definition) is 3. The van der Waals surface area contributed by atoms with Crippen molar-refractivity contribution in [2.75, 3.05) is 5.32 Å². The maximum atomic E-state index is 12.9. The second kappa shape index (κ2) is 7.66. The number of amides is 1. The Morgan fingerprint density at radius 1 is 1.22 bits per heavy atom. The van der Waals surface area contributed by atoms with Crippen LogP contribution in [0.1, 0.15) is 34.0 Å². The third kappa shape index (κ3) is 3.81. The number of aryl methyl sites for hydroxylation is 1. The summed E-state index contributed by atoms with van der Waals surface area (Å²) < 4.78 is 27.8. The summed E-state index contributed by atoms with van der Waals surface area (Å²) in [6.07, 6.45) is 1.14.